The molecule has 1 aromatic carbocycles. The van der Waals surface area contributed by atoms with Crippen molar-refractivity contribution in [1.29, 1.82) is 0 Å². The summed E-state index contributed by atoms with van der Waals surface area (Å²) in [6.45, 7) is 0.211. The van der Waals surface area contributed by atoms with Crippen molar-refractivity contribution in [2.45, 2.75) is 51.6 Å². The number of alkyl halides is 3. The van der Waals surface area contributed by atoms with Crippen LogP contribution in [-0.4, -0.2) is 35.6 Å². The van der Waals surface area contributed by atoms with Gasteiger partial charge in [0.2, 0.25) is 5.91 Å². The quantitative estimate of drug-likeness (QED) is 0.679. The van der Waals surface area contributed by atoms with Crippen LogP contribution < -0.4 is 10.6 Å². The summed E-state index contributed by atoms with van der Waals surface area (Å²) in [7, 11) is 0. The van der Waals surface area contributed by atoms with Crippen molar-refractivity contribution >= 4 is 23.5 Å². The molecule has 1 aromatic rings. The molecule has 28 heavy (non-hydrogen) atoms. The van der Waals surface area contributed by atoms with Crippen LogP contribution >= 0.6 is 0 Å². The van der Waals surface area contributed by atoms with Gasteiger partial charge in [0.25, 0.3) is 5.91 Å². The maximum absolute atomic E-state index is 12.5. The number of carbonyl (C=O) groups excluding carboxylic acids is 2. The molecule has 2 rings (SSSR count). The van der Waals surface area contributed by atoms with Gasteiger partial charge in [0, 0.05) is 17.7 Å². The van der Waals surface area contributed by atoms with Gasteiger partial charge in [-0.3, -0.25) is 14.4 Å². The van der Waals surface area contributed by atoms with E-state index in [-0.39, 0.29) is 17.7 Å². The number of halogens is 3. The van der Waals surface area contributed by atoms with Crippen molar-refractivity contribution in [1.82, 2.24) is 5.32 Å². The number of carbonyl (C=O) groups is 3. The number of aliphatic carboxylic acids is 1. The van der Waals surface area contributed by atoms with Crippen molar-refractivity contribution < 1.29 is 32.7 Å². The summed E-state index contributed by atoms with van der Waals surface area (Å²) >= 11 is 0. The Labute approximate surface area is 160 Å². The maximum Gasteiger partial charge on any atom is 0.405 e. The van der Waals surface area contributed by atoms with E-state index in [0.717, 1.165) is 19.3 Å². The maximum atomic E-state index is 12.5. The first-order valence-corrected chi connectivity index (χ1v) is 9.01. The van der Waals surface area contributed by atoms with Gasteiger partial charge < -0.3 is 15.7 Å². The molecule has 9 heteroatoms. The third-order valence-electron chi connectivity index (χ3n) is 4.99. The third kappa shape index (κ3) is 5.71. The minimum absolute atomic E-state index is 0.0317. The molecule has 3 N–H and O–H groups in total. The lowest BCUT2D eigenvalue weighted by molar-refractivity contribution is -0.153. The van der Waals surface area contributed by atoms with Crippen LogP contribution in [0, 0.1) is 12.3 Å². The van der Waals surface area contributed by atoms with E-state index in [9.17, 15) is 32.7 Å². The van der Waals surface area contributed by atoms with E-state index in [4.69, 9.17) is 0 Å². The summed E-state index contributed by atoms with van der Waals surface area (Å²) in [5.41, 5.74) is -0.261. The lowest BCUT2D eigenvalue weighted by Gasteiger charge is -2.32. The molecule has 0 radical (unpaired) electrons. The Kier molecular flexibility index (Phi) is 6.69. The molecule has 1 aliphatic rings. The molecule has 1 aliphatic carbocycles. The zero-order valence-electron chi connectivity index (χ0n) is 15.5. The monoisotopic (exact) mass is 400 g/mol. The SMILES string of the molecule is Cc1ccc(C(=O)NCC(F)(F)F)cc1NC(=O)CC1(C(=O)O)CCCCC1. The molecule has 0 spiro atoms. The van der Waals surface area contributed by atoms with Crippen LogP contribution in [0.3, 0.4) is 0 Å². The Hall–Kier alpha value is -2.58. The number of amides is 2. The highest BCUT2D eigenvalue weighted by molar-refractivity contribution is 5.98. The molecular formula is C19H23F3N2O4. The molecule has 0 bridgehead atoms. The zero-order chi connectivity index (χ0) is 20.9. The fourth-order valence-corrected chi connectivity index (χ4v) is 3.38. The molecule has 0 saturated heterocycles. The van der Waals surface area contributed by atoms with E-state index in [0.29, 0.717) is 18.4 Å². The summed E-state index contributed by atoms with van der Waals surface area (Å²) in [6.07, 6.45) is -1.44. The van der Waals surface area contributed by atoms with Crippen molar-refractivity contribution in [3.8, 4) is 0 Å². The van der Waals surface area contributed by atoms with E-state index >= 15 is 0 Å². The normalized spacial score (nSPS) is 16.3. The van der Waals surface area contributed by atoms with Gasteiger partial charge in [-0.25, -0.2) is 0 Å². The summed E-state index contributed by atoms with van der Waals surface area (Å²) in [5.74, 6) is -2.42. The topological polar surface area (TPSA) is 95.5 Å². The second-order valence-corrected chi connectivity index (χ2v) is 7.20. The lowest BCUT2D eigenvalue weighted by Crippen LogP contribution is -2.37. The van der Waals surface area contributed by atoms with Gasteiger partial charge in [-0.15, -0.1) is 0 Å². The Morgan fingerprint density at radius 3 is 2.36 bits per heavy atom. The number of hydrogen-bond donors (Lipinski definition) is 3. The fraction of sp³-hybridized carbons (Fsp3) is 0.526. The van der Waals surface area contributed by atoms with Crippen LogP contribution in [0.5, 0.6) is 0 Å². The Bertz CT molecular complexity index is 756. The molecule has 1 fully saturated rings. The second kappa shape index (κ2) is 8.62. The largest absolute Gasteiger partial charge is 0.481 e. The van der Waals surface area contributed by atoms with Gasteiger partial charge in [-0.1, -0.05) is 25.3 Å². The van der Waals surface area contributed by atoms with Gasteiger partial charge >= 0.3 is 12.1 Å². The standard InChI is InChI=1S/C19H23F3N2O4/c1-12-5-6-13(16(26)23-11-19(20,21)22)9-14(12)24-15(25)10-18(17(27)28)7-3-2-4-8-18/h5-6,9H,2-4,7-8,10-11H2,1H3,(H,23,26)(H,24,25)(H,27,28). The first-order valence-electron chi connectivity index (χ1n) is 9.01. The molecule has 2 amide bonds. The smallest absolute Gasteiger partial charge is 0.405 e. The second-order valence-electron chi connectivity index (χ2n) is 7.20. The summed E-state index contributed by atoms with van der Waals surface area (Å²) < 4.78 is 36.8. The average molecular weight is 400 g/mol. The van der Waals surface area contributed by atoms with Crippen molar-refractivity contribution in [3.05, 3.63) is 29.3 Å². The number of hydrogen-bond acceptors (Lipinski definition) is 3. The summed E-state index contributed by atoms with van der Waals surface area (Å²) in [5, 5.41) is 13.9. The minimum Gasteiger partial charge on any atom is -0.481 e. The molecule has 0 unspecified atom stereocenters. The number of nitrogens with one attached hydrogen (secondary N) is 2. The summed E-state index contributed by atoms with van der Waals surface area (Å²) in [6, 6.07) is 4.15. The number of aryl methyl sites for hydroxylation is 1. The number of carboxylic acid groups (broad SMARTS) is 1. The number of carboxylic acids is 1. The van der Waals surface area contributed by atoms with E-state index < -0.39 is 35.9 Å². The third-order valence-corrected chi connectivity index (χ3v) is 4.99. The number of rotatable bonds is 6. The predicted octanol–water partition coefficient (Wildman–Crippen LogP) is 3.65. The van der Waals surface area contributed by atoms with Crippen LogP contribution in [0.2, 0.25) is 0 Å². The van der Waals surface area contributed by atoms with Gasteiger partial charge in [0.1, 0.15) is 6.54 Å². The van der Waals surface area contributed by atoms with Crippen LogP contribution in [0.25, 0.3) is 0 Å². The predicted molar refractivity (Wildman–Crippen MR) is 96.0 cm³/mol. The van der Waals surface area contributed by atoms with Gasteiger partial charge in [0.15, 0.2) is 0 Å². The average Bonchev–Trinajstić information content (AvgIpc) is 2.61. The molecule has 0 atom stereocenters. The molecule has 1 saturated carbocycles. The highest BCUT2D eigenvalue weighted by Gasteiger charge is 2.41. The number of anilines is 1. The van der Waals surface area contributed by atoms with Gasteiger partial charge in [-0.2, -0.15) is 13.2 Å². The summed E-state index contributed by atoms with van der Waals surface area (Å²) in [4.78, 5) is 36.1. The van der Waals surface area contributed by atoms with Gasteiger partial charge in [0.05, 0.1) is 5.41 Å². The molecular weight excluding hydrogens is 377 g/mol. The highest BCUT2D eigenvalue weighted by Crippen LogP contribution is 2.40. The number of benzene rings is 1. The van der Waals surface area contributed by atoms with Crippen LogP contribution in [-0.2, 0) is 9.59 Å². The minimum atomic E-state index is -4.53. The van der Waals surface area contributed by atoms with Crippen molar-refractivity contribution in [2.24, 2.45) is 5.41 Å². The Morgan fingerprint density at radius 1 is 1.14 bits per heavy atom. The molecule has 154 valence electrons. The van der Waals surface area contributed by atoms with E-state index in [1.165, 1.54) is 18.2 Å². The first-order chi connectivity index (χ1) is 13.0. The first kappa shape index (κ1) is 21.7. The van der Waals surface area contributed by atoms with Crippen LogP contribution in [0.4, 0.5) is 18.9 Å². The lowest BCUT2D eigenvalue weighted by atomic mass is 9.71. The van der Waals surface area contributed by atoms with E-state index in [1.807, 2.05) is 0 Å². The zero-order valence-corrected chi connectivity index (χ0v) is 15.5. The van der Waals surface area contributed by atoms with Crippen molar-refractivity contribution in [3.63, 3.8) is 0 Å². The highest BCUT2D eigenvalue weighted by atomic mass is 19.4. The Morgan fingerprint density at radius 2 is 1.79 bits per heavy atom. The Balaban J connectivity index is 2.09. The van der Waals surface area contributed by atoms with E-state index in [1.54, 1.807) is 12.2 Å². The molecule has 0 aliphatic heterocycles. The van der Waals surface area contributed by atoms with Crippen LogP contribution in [0.1, 0.15) is 54.4 Å². The van der Waals surface area contributed by atoms with E-state index in [2.05, 4.69) is 5.32 Å². The molecule has 0 aromatic heterocycles. The van der Waals surface area contributed by atoms with Crippen molar-refractivity contribution in [2.75, 3.05) is 11.9 Å². The van der Waals surface area contributed by atoms with Gasteiger partial charge in [-0.05, 0) is 37.5 Å². The fourth-order valence-electron chi connectivity index (χ4n) is 3.38. The molecule has 6 nitrogen and oxygen atoms in total. The van der Waals surface area contributed by atoms with Crippen LogP contribution in [0.15, 0.2) is 18.2 Å². The molecule has 0 heterocycles.